The van der Waals surface area contributed by atoms with E-state index in [4.69, 9.17) is 0 Å². The number of carbonyl (C=O) groups is 1. The number of hydrogen-bond donors (Lipinski definition) is 1. The molecular formula is C22H27N3O3S2. The summed E-state index contributed by atoms with van der Waals surface area (Å²) in [5, 5.41) is 0.816. The SMILES string of the molecule is Cc1ccc(S(=O)(=O)NC(CC(C)C)C(=O)N(C)Cc2nc3ccccc3s2)cc1. The lowest BCUT2D eigenvalue weighted by atomic mass is 10.0. The molecule has 0 aliphatic rings. The maximum Gasteiger partial charge on any atom is 0.241 e. The van der Waals surface area contributed by atoms with E-state index in [1.165, 1.54) is 11.3 Å². The van der Waals surface area contributed by atoms with Crippen molar-refractivity contribution >= 4 is 37.5 Å². The molecule has 3 aromatic rings. The van der Waals surface area contributed by atoms with E-state index in [9.17, 15) is 13.2 Å². The number of aryl methyl sites for hydroxylation is 1. The first-order valence-electron chi connectivity index (χ1n) is 9.84. The zero-order valence-electron chi connectivity index (χ0n) is 17.6. The largest absolute Gasteiger partial charge is 0.338 e. The topological polar surface area (TPSA) is 79.4 Å². The van der Waals surface area contributed by atoms with Crippen molar-refractivity contribution in [3.05, 3.63) is 59.1 Å². The van der Waals surface area contributed by atoms with E-state index in [-0.39, 0.29) is 16.7 Å². The summed E-state index contributed by atoms with van der Waals surface area (Å²) in [7, 11) is -2.12. The van der Waals surface area contributed by atoms with Crippen LogP contribution < -0.4 is 4.72 Å². The zero-order chi connectivity index (χ0) is 21.9. The van der Waals surface area contributed by atoms with Gasteiger partial charge >= 0.3 is 0 Å². The second-order valence-electron chi connectivity index (χ2n) is 7.89. The summed E-state index contributed by atoms with van der Waals surface area (Å²) in [4.78, 5) is 19.4. The van der Waals surface area contributed by atoms with Gasteiger partial charge in [-0.1, -0.05) is 43.7 Å². The standard InChI is InChI=1S/C22H27N3O3S2/c1-15(2)13-19(24-30(27,28)17-11-9-16(3)10-12-17)22(26)25(4)14-21-23-18-7-5-6-8-20(18)29-21/h5-12,15,19,24H,13-14H2,1-4H3. The number of likely N-dealkylation sites (N-methyl/N-ethyl adjacent to an activating group) is 1. The zero-order valence-corrected chi connectivity index (χ0v) is 19.3. The second-order valence-corrected chi connectivity index (χ2v) is 10.7. The molecule has 30 heavy (non-hydrogen) atoms. The lowest BCUT2D eigenvalue weighted by molar-refractivity contribution is -0.132. The van der Waals surface area contributed by atoms with Crippen molar-refractivity contribution in [1.82, 2.24) is 14.6 Å². The minimum absolute atomic E-state index is 0.149. The molecule has 6 nitrogen and oxygen atoms in total. The van der Waals surface area contributed by atoms with Gasteiger partial charge in [-0.25, -0.2) is 13.4 Å². The molecule has 0 saturated carbocycles. The highest BCUT2D eigenvalue weighted by Crippen LogP contribution is 2.23. The van der Waals surface area contributed by atoms with Crippen LogP contribution in [0.2, 0.25) is 0 Å². The summed E-state index contributed by atoms with van der Waals surface area (Å²) >= 11 is 1.54. The Kier molecular flexibility index (Phi) is 6.90. The summed E-state index contributed by atoms with van der Waals surface area (Å²) in [5.74, 6) is -0.117. The summed E-state index contributed by atoms with van der Waals surface area (Å²) in [5.41, 5.74) is 1.87. The average Bonchev–Trinajstić information content (AvgIpc) is 3.08. The third-order valence-electron chi connectivity index (χ3n) is 4.72. The Bertz CT molecular complexity index is 1090. The third-order valence-corrected chi connectivity index (χ3v) is 7.23. The molecule has 1 heterocycles. The normalized spacial score (nSPS) is 13.0. The van der Waals surface area contributed by atoms with Gasteiger partial charge in [0.05, 0.1) is 21.7 Å². The van der Waals surface area contributed by atoms with E-state index in [0.717, 1.165) is 20.8 Å². The van der Waals surface area contributed by atoms with Gasteiger partial charge in [0.15, 0.2) is 0 Å². The monoisotopic (exact) mass is 445 g/mol. The van der Waals surface area contributed by atoms with Gasteiger partial charge in [-0.15, -0.1) is 11.3 Å². The molecule has 8 heteroatoms. The Morgan fingerprint density at radius 3 is 2.43 bits per heavy atom. The second kappa shape index (κ2) is 9.24. The molecule has 1 unspecified atom stereocenters. The molecule has 3 rings (SSSR count). The van der Waals surface area contributed by atoms with Gasteiger partial charge in [-0.3, -0.25) is 4.79 Å². The molecule has 0 aliphatic carbocycles. The van der Waals surface area contributed by atoms with E-state index >= 15 is 0 Å². The first-order chi connectivity index (χ1) is 14.2. The van der Waals surface area contributed by atoms with E-state index in [0.29, 0.717) is 13.0 Å². The molecule has 0 saturated heterocycles. The molecule has 0 spiro atoms. The van der Waals surface area contributed by atoms with Gasteiger partial charge in [0.25, 0.3) is 0 Å². The van der Waals surface area contributed by atoms with Crippen LogP contribution in [0, 0.1) is 12.8 Å². The predicted molar refractivity (Wildman–Crippen MR) is 121 cm³/mol. The van der Waals surface area contributed by atoms with E-state index < -0.39 is 16.1 Å². The van der Waals surface area contributed by atoms with E-state index in [1.807, 2.05) is 45.0 Å². The van der Waals surface area contributed by atoms with Crippen molar-refractivity contribution in [2.45, 2.75) is 44.7 Å². The molecule has 0 radical (unpaired) electrons. The number of sulfonamides is 1. The van der Waals surface area contributed by atoms with Crippen molar-refractivity contribution < 1.29 is 13.2 Å². The van der Waals surface area contributed by atoms with Crippen LogP contribution in [-0.2, 0) is 21.4 Å². The lowest BCUT2D eigenvalue weighted by Gasteiger charge is -2.25. The van der Waals surface area contributed by atoms with Crippen molar-refractivity contribution in [3.8, 4) is 0 Å². The molecule has 160 valence electrons. The van der Waals surface area contributed by atoms with Gasteiger partial charge in [-0.2, -0.15) is 4.72 Å². The van der Waals surface area contributed by atoms with Gasteiger partial charge in [0, 0.05) is 7.05 Å². The Balaban J connectivity index is 1.77. The average molecular weight is 446 g/mol. The fourth-order valence-electron chi connectivity index (χ4n) is 3.18. The summed E-state index contributed by atoms with van der Waals surface area (Å²) in [6, 6.07) is 13.6. The molecule has 0 aliphatic heterocycles. The van der Waals surface area contributed by atoms with Gasteiger partial charge in [0.1, 0.15) is 11.0 Å². The number of amides is 1. The number of carbonyl (C=O) groups excluding carboxylic acids is 1. The minimum atomic E-state index is -3.80. The molecule has 0 bridgehead atoms. The molecule has 1 amide bonds. The Hall–Kier alpha value is -2.29. The minimum Gasteiger partial charge on any atom is -0.338 e. The molecular weight excluding hydrogens is 418 g/mol. The molecule has 2 aromatic carbocycles. The number of hydrogen-bond acceptors (Lipinski definition) is 5. The van der Waals surface area contributed by atoms with Crippen molar-refractivity contribution in [2.75, 3.05) is 7.05 Å². The Morgan fingerprint density at radius 1 is 1.13 bits per heavy atom. The fourth-order valence-corrected chi connectivity index (χ4v) is 5.40. The number of nitrogens with one attached hydrogen (secondary N) is 1. The highest BCUT2D eigenvalue weighted by Gasteiger charge is 2.29. The van der Waals surface area contributed by atoms with Crippen LogP contribution in [0.5, 0.6) is 0 Å². The van der Waals surface area contributed by atoms with Crippen molar-refractivity contribution in [3.63, 3.8) is 0 Å². The van der Waals surface area contributed by atoms with Crippen LogP contribution in [0.15, 0.2) is 53.4 Å². The van der Waals surface area contributed by atoms with E-state index in [1.54, 1.807) is 36.2 Å². The van der Waals surface area contributed by atoms with Crippen LogP contribution in [0.1, 0.15) is 30.8 Å². The number of fused-ring (bicyclic) bond motifs is 1. The van der Waals surface area contributed by atoms with E-state index in [2.05, 4.69) is 9.71 Å². The number of benzene rings is 2. The number of aromatic nitrogens is 1. The summed E-state index contributed by atoms with van der Waals surface area (Å²) < 4.78 is 29.4. The number of rotatable bonds is 8. The number of nitrogens with zero attached hydrogens (tertiary/aromatic N) is 2. The first-order valence-corrected chi connectivity index (χ1v) is 12.1. The smallest absolute Gasteiger partial charge is 0.241 e. The van der Waals surface area contributed by atoms with Crippen molar-refractivity contribution in [1.29, 1.82) is 0 Å². The molecule has 1 aromatic heterocycles. The van der Waals surface area contributed by atoms with Gasteiger partial charge in [0.2, 0.25) is 15.9 Å². The molecule has 1 atom stereocenters. The van der Waals surface area contributed by atoms with Crippen LogP contribution in [-0.4, -0.2) is 37.3 Å². The van der Waals surface area contributed by atoms with Crippen LogP contribution in [0.4, 0.5) is 0 Å². The predicted octanol–water partition coefficient (Wildman–Crippen LogP) is 3.96. The number of thiazole rings is 1. The lowest BCUT2D eigenvalue weighted by Crippen LogP contribution is -2.47. The summed E-state index contributed by atoms with van der Waals surface area (Å²) in [6.45, 7) is 6.16. The van der Waals surface area contributed by atoms with Gasteiger partial charge < -0.3 is 4.90 Å². The Labute approximate surface area is 182 Å². The molecule has 1 N–H and O–H groups in total. The highest BCUT2D eigenvalue weighted by atomic mass is 32.2. The Morgan fingerprint density at radius 2 is 1.80 bits per heavy atom. The quantitative estimate of drug-likeness (QED) is 0.569. The van der Waals surface area contributed by atoms with Crippen LogP contribution in [0.25, 0.3) is 10.2 Å². The maximum absolute atomic E-state index is 13.1. The van der Waals surface area contributed by atoms with Crippen LogP contribution >= 0.6 is 11.3 Å². The van der Waals surface area contributed by atoms with Crippen molar-refractivity contribution in [2.24, 2.45) is 5.92 Å². The number of para-hydroxylation sites is 1. The fraction of sp³-hybridized carbons (Fsp3) is 0.364. The highest BCUT2D eigenvalue weighted by molar-refractivity contribution is 7.89. The maximum atomic E-state index is 13.1. The first kappa shape index (κ1) is 22.4. The summed E-state index contributed by atoms with van der Waals surface area (Å²) in [6.07, 6.45) is 0.411. The van der Waals surface area contributed by atoms with Gasteiger partial charge in [-0.05, 0) is 43.5 Å². The third kappa shape index (κ3) is 5.44. The molecule has 0 fully saturated rings. The van der Waals surface area contributed by atoms with Crippen LogP contribution in [0.3, 0.4) is 0 Å².